The van der Waals surface area contributed by atoms with Gasteiger partial charge in [-0.2, -0.15) is 0 Å². The molecule has 0 saturated carbocycles. The molecule has 1 unspecified atom stereocenters. The lowest BCUT2D eigenvalue weighted by Gasteiger charge is -2.31. The Labute approximate surface area is 163 Å². The van der Waals surface area contributed by atoms with Gasteiger partial charge < -0.3 is 5.32 Å². The summed E-state index contributed by atoms with van der Waals surface area (Å²) in [5.74, 6) is 0. The Bertz CT molecular complexity index is 1030. The van der Waals surface area contributed by atoms with Crippen LogP contribution >= 0.6 is 11.3 Å². The quantitative estimate of drug-likeness (QED) is 0.557. The zero-order valence-electron chi connectivity index (χ0n) is 15.3. The Kier molecular flexibility index (Phi) is 4.62. The molecule has 4 heteroatoms. The molecule has 5 rings (SSSR count). The molecule has 0 bridgehead atoms. The molecule has 1 atom stereocenters. The minimum atomic E-state index is 0.273. The maximum atomic E-state index is 4.60. The van der Waals surface area contributed by atoms with Gasteiger partial charge in [0.1, 0.15) is 0 Å². The molecule has 27 heavy (non-hydrogen) atoms. The summed E-state index contributed by atoms with van der Waals surface area (Å²) in [6.45, 7) is 4.33. The van der Waals surface area contributed by atoms with E-state index in [1.54, 1.807) is 0 Å². The standard InChI is InChI=1S/C23H23N3S/c1-4-9-21-17(6-1)16-22(27-21)23(26-14-5-11-24-13-15-26)19-10-12-25-20-8-3-2-7-18(19)20/h1-4,6-10,12,16,23-24H,5,11,13-15H2. The molecule has 1 saturated heterocycles. The normalized spacial score (nSPS) is 17.2. The highest BCUT2D eigenvalue weighted by Gasteiger charge is 2.26. The van der Waals surface area contributed by atoms with Gasteiger partial charge in [0.25, 0.3) is 0 Å². The Hall–Kier alpha value is -2.27. The van der Waals surface area contributed by atoms with Gasteiger partial charge in [0.2, 0.25) is 0 Å². The molecule has 2 aromatic heterocycles. The van der Waals surface area contributed by atoms with Crippen molar-refractivity contribution in [2.75, 3.05) is 26.2 Å². The summed E-state index contributed by atoms with van der Waals surface area (Å²) >= 11 is 1.93. The van der Waals surface area contributed by atoms with Gasteiger partial charge in [0, 0.05) is 40.8 Å². The van der Waals surface area contributed by atoms with E-state index < -0.39 is 0 Å². The average molecular weight is 374 g/mol. The second-order valence-corrected chi connectivity index (χ2v) is 8.26. The molecule has 0 radical (unpaired) electrons. The van der Waals surface area contributed by atoms with E-state index >= 15 is 0 Å². The van der Waals surface area contributed by atoms with Crippen LogP contribution in [0.3, 0.4) is 0 Å². The maximum Gasteiger partial charge on any atom is 0.0705 e. The lowest BCUT2D eigenvalue weighted by atomic mass is 9.98. The Morgan fingerprint density at radius 1 is 0.963 bits per heavy atom. The highest BCUT2D eigenvalue weighted by Crippen LogP contribution is 2.39. The van der Waals surface area contributed by atoms with E-state index in [0.717, 1.165) is 31.7 Å². The van der Waals surface area contributed by atoms with Gasteiger partial charge in [-0.15, -0.1) is 11.3 Å². The van der Waals surface area contributed by atoms with Crippen LogP contribution in [-0.2, 0) is 0 Å². The molecule has 136 valence electrons. The fourth-order valence-corrected chi connectivity index (χ4v) is 5.37. The van der Waals surface area contributed by atoms with Crippen molar-refractivity contribution in [3.8, 4) is 0 Å². The van der Waals surface area contributed by atoms with Crippen molar-refractivity contribution >= 4 is 32.3 Å². The van der Waals surface area contributed by atoms with Crippen LogP contribution in [0.2, 0.25) is 0 Å². The Balaban J connectivity index is 1.69. The van der Waals surface area contributed by atoms with Crippen LogP contribution < -0.4 is 5.32 Å². The molecule has 0 aliphatic carbocycles. The number of rotatable bonds is 3. The number of nitrogens with one attached hydrogen (secondary N) is 1. The number of hydrogen-bond acceptors (Lipinski definition) is 4. The zero-order valence-corrected chi connectivity index (χ0v) is 16.1. The summed E-state index contributed by atoms with van der Waals surface area (Å²) in [5.41, 5.74) is 2.45. The molecule has 1 fully saturated rings. The third-order valence-corrected chi connectivity index (χ3v) is 6.60. The summed E-state index contributed by atoms with van der Waals surface area (Å²) in [6, 6.07) is 22.1. The number of para-hydroxylation sites is 1. The van der Waals surface area contributed by atoms with Crippen molar-refractivity contribution < 1.29 is 0 Å². The summed E-state index contributed by atoms with van der Waals surface area (Å²) in [4.78, 5) is 8.67. The molecule has 3 nitrogen and oxygen atoms in total. The molecule has 3 heterocycles. The maximum absolute atomic E-state index is 4.60. The number of nitrogens with zero attached hydrogens (tertiary/aromatic N) is 2. The number of thiophene rings is 1. The van der Waals surface area contributed by atoms with Crippen LogP contribution in [-0.4, -0.2) is 36.1 Å². The van der Waals surface area contributed by atoms with E-state index in [2.05, 4.69) is 75.9 Å². The summed E-state index contributed by atoms with van der Waals surface area (Å²) in [6.07, 6.45) is 3.15. The molecule has 4 aromatic rings. The third kappa shape index (κ3) is 3.25. The monoisotopic (exact) mass is 373 g/mol. The first kappa shape index (κ1) is 16.9. The van der Waals surface area contributed by atoms with Crippen LogP contribution in [0.25, 0.3) is 21.0 Å². The van der Waals surface area contributed by atoms with Gasteiger partial charge in [-0.05, 0) is 48.2 Å². The minimum Gasteiger partial charge on any atom is -0.315 e. The SMILES string of the molecule is c1ccc2sc(C(c3ccnc4ccccc34)N3CCCNCC3)cc2c1. The van der Waals surface area contributed by atoms with Gasteiger partial charge in [0.05, 0.1) is 11.6 Å². The molecule has 0 spiro atoms. The first-order valence-electron chi connectivity index (χ1n) is 9.67. The topological polar surface area (TPSA) is 28.2 Å². The van der Waals surface area contributed by atoms with Crippen molar-refractivity contribution in [2.45, 2.75) is 12.5 Å². The number of fused-ring (bicyclic) bond motifs is 2. The highest BCUT2D eigenvalue weighted by atomic mass is 32.1. The highest BCUT2D eigenvalue weighted by molar-refractivity contribution is 7.19. The number of aromatic nitrogens is 1. The summed E-state index contributed by atoms with van der Waals surface area (Å²) in [7, 11) is 0. The van der Waals surface area contributed by atoms with Gasteiger partial charge in [-0.1, -0.05) is 36.4 Å². The molecular weight excluding hydrogens is 350 g/mol. The minimum absolute atomic E-state index is 0.273. The Morgan fingerprint density at radius 2 is 1.85 bits per heavy atom. The number of benzene rings is 2. The van der Waals surface area contributed by atoms with Gasteiger partial charge in [0.15, 0.2) is 0 Å². The lowest BCUT2D eigenvalue weighted by molar-refractivity contribution is 0.245. The van der Waals surface area contributed by atoms with E-state index in [9.17, 15) is 0 Å². The smallest absolute Gasteiger partial charge is 0.0705 e. The van der Waals surface area contributed by atoms with E-state index in [1.165, 1.54) is 32.3 Å². The van der Waals surface area contributed by atoms with E-state index in [1.807, 2.05) is 17.5 Å². The van der Waals surface area contributed by atoms with Crippen LogP contribution in [0.15, 0.2) is 66.9 Å². The molecule has 1 aliphatic rings. The van der Waals surface area contributed by atoms with Gasteiger partial charge in [-0.3, -0.25) is 9.88 Å². The summed E-state index contributed by atoms with van der Waals surface area (Å²) < 4.78 is 1.36. The van der Waals surface area contributed by atoms with Crippen LogP contribution in [0.5, 0.6) is 0 Å². The number of pyridine rings is 1. The third-order valence-electron chi connectivity index (χ3n) is 5.43. The van der Waals surface area contributed by atoms with Crippen molar-refractivity contribution in [1.29, 1.82) is 0 Å². The largest absolute Gasteiger partial charge is 0.315 e. The van der Waals surface area contributed by atoms with Gasteiger partial charge in [-0.25, -0.2) is 0 Å². The number of hydrogen-bond donors (Lipinski definition) is 1. The first-order chi connectivity index (χ1) is 13.4. The fourth-order valence-electron chi connectivity index (χ4n) is 4.15. The van der Waals surface area contributed by atoms with Crippen molar-refractivity contribution in [2.24, 2.45) is 0 Å². The van der Waals surface area contributed by atoms with Gasteiger partial charge >= 0.3 is 0 Å². The predicted molar refractivity (Wildman–Crippen MR) is 114 cm³/mol. The second kappa shape index (κ2) is 7.39. The molecule has 1 N–H and O–H groups in total. The van der Waals surface area contributed by atoms with E-state index in [4.69, 9.17) is 0 Å². The van der Waals surface area contributed by atoms with Crippen LogP contribution in [0.1, 0.15) is 22.9 Å². The molecular formula is C23H23N3S. The zero-order chi connectivity index (χ0) is 18.1. The summed E-state index contributed by atoms with van der Waals surface area (Å²) in [5, 5.41) is 6.15. The average Bonchev–Trinajstić information content (AvgIpc) is 2.95. The predicted octanol–water partition coefficient (Wildman–Crippen LogP) is 4.83. The van der Waals surface area contributed by atoms with Crippen LogP contribution in [0, 0.1) is 0 Å². The fraction of sp³-hybridized carbons (Fsp3) is 0.261. The molecule has 2 aromatic carbocycles. The van der Waals surface area contributed by atoms with Crippen LogP contribution in [0.4, 0.5) is 0 Å². The first-order valence-corrected chi connectivity index (χ1v) is 10.5. The lowest BCUT2D eigenvalue weighted by Crippen LogP contribution is -2.32. The van der Waals surface area contributed by atoms with Crippen molar-refractivity contribution in [3.05, 3.63) is 77.3 Å². The van der Waals surface area contributed by atoms with E-state index in [-0.39, 0.29) is 6.04 Å². The molecule has 1 aliphatic heterocycles. The Morgan fingerprint density at radius 3 is 2.81 bits per heavy atom. The van der Waals surface area contributed by atoms with Crippen molar-refractivity contribution in [3.63, 3.8) is 0 Å². The van der Waals surface area contributed by atoms with E-state index in [0.29, 0.717) is 0 Å². The van der Waals surface area contributed by atoms with Crippen molar-refractivity contribution in [1.82, 2.24) is 15.2 Å². The second-order valence-electron chi connectivity index (χ2n) is 7.15. The molecule has 0 amide bonds.